The summed E-state index contributed by atoms with van der Waals surface area (Å²) in [7, 11) is 0. The monoisotopic (exact) mass is 331 g/mol. The first kappa shape index (κ1) is 14.7. The zero-order valence-electron chi connectivity index (χ0n) is 11.8. The summed E-state index contributed by atoms with van der Waals surface area (Å²) in [6.07, 6.45) is -4.15. The summed E-state index contributed by atoms with van der Waals surface area (Å²) in [4.78, 5) is 21.1. The zero-order chi connectivity index (χ0) is 16.6. The molecule has 3 aliphatic heterocycles. The summed E-state index contributed by atoms with van der Waals surface area (Å²) in [6, 6.07) is -0.887. The number of alkyl halides is 2. The highest BCUT2D eigenvalue weighted by atomic mass is 19.3. The number of carbonyl (C=O) groups is 1. The van der Waals surface area contributed by atoms with Crippen molar-refractivity contribution in [3.05, 3.63) is 0 Å². The number of fused-ring (bicyclic) bond motifs is 1. The van der Waals surface area contributed by atoms with E-state index in [9.17, 15) is 23.8 Å². The normalized spacial score (nSPS) is 46.8. The van der Waals surface area contributed by atoms with Gasteiger partial charge in [-0.2, -0.15) is 0 Å². The van der Waals surface area contributed by atoms with Crippen molar-refractivity contribution < 1.29 is 28.5 Å². The number of carbonyl (C=O) groups excluding carboxylic acids is 1. The van der Waals surface area contributed by atoms with E-state index >= 15 is 0 Å². The van der Waals surface area contributed by atoms with Crippen LogP contribution in [0.4, 0.5) is 8.78 Å². The fourth-order valence-electron chi connectivity index (χ4n) is 3.63. The molecular weight excluding hydrogens is 316 g/mol. The van der Waals surface area contributed by atoms with Crippen molar-refractivity contribution in [2.75, 3.05) is 6.61 Å². The Morgan fingerprint density at radius 3 is 2.83 bits per heavy atom. The van der Waals surface area contributed by atoms with Crippen LogP contribution < -0.4 is 11.1 Å². The third-order valence-electron chi connectivity index (χ3n) is 4.95. The van der Waals surface area contributed by atoms with Gasteiger partial charge < -0.3 is 25.6 Å². The lowest BCUT2D eigenvalue weighted by atomic mass is 9.93. The number of guanidine groups is 1. The lowest BCUT2D eigenvalue weighted by Gasteiger charge is -2.33. The minimum Gasteiger partial charge on any atom is -0.394 e. The molecule has 1 spiro atoms. The highest BCUT2D eigenvalue weighted by Crippen LogP contribution is 2.68. The molecule has 3 unspecified atom stereocenters. The number of nitrogens with one attached hydrogen (secondary N) is 1. The van der Waals surface area contributed by atoms with Gasteiger partial charge in [0.05, 0.1) is 24.5 Å². The van der Waals surface area contributed by atoms with Crippen LogP contribution in [0.5, 0.6) is 0 Å². The van der Waals surface area contributed by atoms with E-state index < -0.39 is 60.9 Å². The molecule has 1 saturated heterocycles. The van der Waals surface area contributed by atoms with Crippen LogP contribution in [-0.2, 0) is 9.53 Å². The van der Waals surface area contributed by atoms with Gasteiger partial charge in [-0.15, -0.1) is 0 Å². The van der Waals surface area contributed by atoms with E-state index in [1.807, 2.05) is 0 Å². The predicted octanol–water partition coefficient (Wildman–Crippen LogP) is -2.43. The second-order valence-electron chi connectivity index (χ2n) is 6.14. The number of aliphatic hydroxyl groups excluding tert-OH is 2. The van der Waals surface area contributed by atoms with Gasteiger partial charge >= 0.3 is 0 Å². The molecule has 0 aromatic rings. The van der Waals surface area contributed by atoms with E-state index in [1.165, 1.54) is 11.2 Å². The smallest absolute Gasteiger partial charge is 0.260 e. The SMILES string of the molecule is NC1=NC2C(N=CN2[C@@H]2O[C@H](CO)C3(CC3(F)F)[C@H]2O)C(=O)N1. The lowest BCUT2D eigenvalue weighted by Crippen LogP contribution is -2.56. The Morgan fingerprint density at radius 2 is 2.26 bits per heavy atom. The van der Waals surface area contributed by atoms with Gasteiger partial charge in [0.25, 0.3) is 11.8 Å². The second kappa shape index (κ2) is 4.36. The molecular formula is C12H15F2N5O4. The van der Waals surface area contributed by atoms with Gasteiger partial charge in [0.1, 0.15) is 6.10 Å². The van der Waals surface area contributed by atoms with E-state index in [0.717, 1.165) is 0 Å². The molecule has 2 fully saturated rings. The Morgan fingerprint density at radius 1 is 1.57 bits per heavy atom. The number of amides is 1. The number of halogens is 2. The molecule has 11 heteroatoms. The molecule has 3 heterocycles. The molecule has 1 amide bonds. The van der Waals surface area contributed by atoms with Crippen molar-refractivity contribution in [3.8, 4) is 0 Å². The number of nitrogens with two attached hydrogens (primary N) is 1. The highest BCUT2D eigenvalue weighted by Gasteiger charge is 2.82. The van der Waals surface area contributed by atoms with Gasteiger partial charge in [-0.1, -0.05) is 0 Å². The average molecular weight is 331 g/mol. The topological polar surface area (TPSA) is 133 Å². The molecule has 1 aliphatic carbocycles. The van der Waals surface area contributed by atoms with Gasteiger partial charge in [0.15, 0.2) is 24.4 Å². The molecule has 23 heavy (non-hydrogen) atoms. The fraction of sp³-hybridized carbons (Fsp3) is 0.750. The quantitative estimate of drug-likeness (QED) is 0.445. The Balaban J connectivity index is 1.64. The summed E-state index contributed by atoms with van der Waals surface area (Å²) < 4.78 is 33.0. The average Bonchev–Trinajstić information content (AvgIpc) is 2.78. The van der Waals surface area contributed by atoms with E-state index in [-0.39, 0.29) is 5.96 Å². The Labute approximate surface area is 128 Å². The number of ether oxygens (including phenoxy) is 1. The number of rotatable bonds is 2. The first-order valence-electron chi connectivity index (χ1n) is 7.09. The van der Waals surface area contributed by atoms with Crippen molar-refractivity contribution in [2.45, 2.75) is 43.0 Å². The van der Waals surface area contributed by atoms with Gasteiger partial charge in [0, 0.05) is 6.42 Å². The third kappa shape index (κ3) is 1.72. The summed E-state index contributed by atoms with van der Waals surface area (Å²) >= 11 is 0. The van der Waals surface area contributed by atoms with Crippen LogP contribution in [0.3, 0.4) is 0 Å². The minimum absolute atomic E-state index is 0.121. The van der Waals surface area contributed by atoms with E-state index in [2.05, 4.69) is 15.3 Å². The first-order chi connectivity index (χ1) is 10.8. The molecule has 0 bridgehead atoms. The molecule has 0 radical (unpaired) electrons. The molecule has 0 aromatic heterocycles. The second-order valence-corrected chi connectivity index (χ2v) is 6.14. The van der Waals surface area contributed by atoms with Crippen LogP contribution in [-0.4, -0.2) is 76.5 Å². The molecule has 6 atom stereocenters. The minimum atomic E-state index is -3.11. The fourth-order valence-corrected chi connectivity index (χ4v) is 3.63. The first-order valence-corrected chi connectivity index (χ1v) is 7.09. The van der Waals surface area contributed by atoms with Gasteiger partial charge in [-0.3, -0.25) is 15.1 Å². The summed E-state index contributed by atoms with van der Waals surface area (Å²) in [5.74, 6) is -3.71. The van der Waals surface area contributed by atoms with E-state index in [1.54, 1.807) is 0 Å². The van der Waals surface area contributed by atoms with Crippen LogP contribution in [0, 0.1) is 5.41 Å². The Kier molecular flexibility index (Phi) is 2.79. The number of hydrogen-bond donors (Lipinski definition) is 4. The molecule has 126 valence electrons. The van der Waals surface area contributed by atoms with Crippen LogP contribution in [0.25, 0.3) is 0 Å². The standard InChI is InChI=1S/C12H15F2N5O4/c13-12(14)2-11(12)4(1-20)23-9(6(11)21)19-3-16-5-7(19)17-10(15)18-8(5)22/h3-7,9,20-21H,1-2H2,(H3,15,17,18,22)/t4-,5?,6+,7?,9-,11?/m1/s1. The molecule has 0 aromatic carbocycles. The largest absolute Gasteiger partial charge is 0.394 e. The lowest BCUT2D eigenvalue weighted by molar-refractivity contribution is -0.124. The molecule has 1 saturated carbocycles. The van der Waals surface area contributed by atoms with Gasteiger partial charge in [-0.05, 0) is 0 Å². The molecule has 5 N–H and O–H groups in total. The Bertz CT molecular complexity index is 629. The summed E-state index contributed by atoms with van der Waals surface area (Å²) in [6.45, 7) is -0.645. The van der Waals surface area contributed by atoms with Crippen LogP contribution in [0.1, 0.15) is 6.42 Å². The maximum atomic E-state index is 13.8. The maximum absolute atomic E-state index is 13.8. The summed E-state index contributed by atoms with van der Waals surface area (Å²) in [5, 5.41) is 22.1. The van der Waals surface area contributed by atoms with Crippen molar-refractivity contribution >= 4 is 18.2 Å². The van der Waals surface area contributed by atoms with Crippen molar-refractivity contribution in [1.82, 2.24) is 10.2 Å². The number of aliphatic hydroxyl groups is 2. The number of nitrogens with zero attached hydrogens (tertiary/aromatic N) is 3. The molecule has 4 aliphatic rings. The predicted molar refractivity (Wildman–Crippen MR) is 71.4 cm³/mol. The van der Waals surface area contributed by atoms with Crippen LogP contribution >= 0.6 is 0 Å². The maximum Gasteiger partial charge on any atom is 0.260 e. The van der Waals surface area contributed by atoms with Crippen molar-refractivity contribution in [1.29, 1.82) is 0 Å². The van der Waals surface area contributed by atoms with E-state index in [4.69, 9.17) is 10.5 Å². The highest BCUT2D eigenvalue weighted by molar-refractivity contribution is 6.02. The molecule has 4 rings (SSSR count). The summed E-state index contributed by atoms with van der Waals surface area (Å²) in [5.41, 5.74) is 3.70. The van der Waals surface area contributed by atoms with Gasteiger partial charge in [-0.25, -0.2) is 13.8 Å². The Hall–Kier alpha value is -1.85. The number of hydrogen-bond acceptors (Lipinski definition) is 8. The van der Waals surface area contributed by atoms with Crippen LogP contribution in [0.2, 0.25) is 0 Å². The van der Waals surface area contributed by atoms with Crippen molar-refractivity contribution in [3.63, 3.8) is 0 Å². The number of aliphatic imine (C=N–C) groups is 2. The van der Waals surface area contributed by atoms with Crippen molar-refractivity contribution in [2.24, 2.45) is 21.1 Å². The third-order valence-corrected chi connectivity index (χ3v) is 4.95. The van der Waals surface area contributed by atoms with Gasteiger partial charge in [0.2, 0.25) is 0 Å². The van der Waals surface area contributed by atoms with E-state index in [0.29, 0.717) is 0 Å². The molecule has 9 nitrogen and oxygen atoms in total. The van der Waals surface area contributed by atoms with Crippen LogP contribution in [0.15, 0.2) is 9.98 Å². The zero-order valence-corrected chi connectivity index (χ0v) is 11.8.